The van der Waals surface area contributed by atoms with E-state index in [2.05, 4.69) is 16.3 Å². The molecule has 0 unspecified atom stereocenters. The summed E-state index contributed by atoms with van der Waals surface area (Å²) in [6.45, 7) is 0.591. The van der Waals surface area contributed by atoms with Crippen molar-refractivity contribution in [2.45, 2.75) is 6.54 Å². The zero-order valence-electron chi connectivity index (χ0n) is 8.97. The number of pyridine rings is 1. The van der Waals surface area contributed by atoms with Gasteiger partial charge < -0.3 is 4.57 Å². The number of fused-ring (bicyclic) bond motifs is 1. The Balaban J connectivity index is 1.97. The molecular formula is C13H9FN3. The second-order valence-electron chi connectivity index (χ2n) is 3.77. The van der Waals surface area contributed by atoms with Crippen LogP contribution in [0.25, 0.3) is 11.2 Å². The van der Waals surface area contributed by atoms with E-state index >= 15 is 0 Å². The summed E-state index contributed by atoms with van der Waals surface area (Å²) >= 11 is 0. The van der Waals surface area contributed by atoms with Crippen molar-refractivity contribution in [3.8, 4) is 0 Å². The minimum atomic E-state index is -0.230. The fourth-order valence-corrected chi connectivity index (χ4v) is 1.73. The highest BCUT2D eigenvalue weighted by atomic mass is 19.1. The molecule has 0 aliphatic heterocycles. The Morgan fingerprint density at radius 1 is 1.18 bits per heavy atom. The molecule has 0 N–H and O–H groups in total. The molecule has 0 saturated heterocycles. The maximum Gasteiger partial charge on any atom is 0.179 e. The average molecular weight is 226 g/mol. The fraction of sp³-hybridized carbons (Fsp3) is 0.0769. The van der Waals surface area contributed by atoms with Gasteiger partial charge in [-0.25, -0.2) is 14.4 Å². The van der Waals surface area contributed by atoms with Gasteiger partial charge in [0.15, 0.2) is 12.0 Å². The number of nitrogens with zero attached hydrogens (tertiary/aromatic N) is 3. The van der Waals surface area contributed by atoms with Crippen molar-refractivity contribution in [1.82, 2.24) is 14.5 Å². The van der Waals surface area contributed by atoms with Gasteiger partial charge in [-0.15, -0.1) is 0 Å². The first kappa shape index (κ1) is 9.96. The van der Waals surface area contributed by atoms with Crippen LogP contribution >= 0.6 is 0 Å². The normalized spacial score (nSPS) is 10.9. The van der Waals surface area contributed by atoms with Crippen LogP contribution in [-0.4, -0.2) is 14.5 Å². The molecule has 3 nitrogen and oxygen atoms in total. The number of halogens is 1. The molecule has 83 valence electrons. The molecule has 0 bridgehead atoms. The first-order valence-electron chi connectivity index (χ1n) is 5.26. The van der Waals surface area contributed by atoms with E-state index in [-0.39, 0.29) is 5.82 Å². The molecule has 3 rings (SSSR count). The van der Waals surface area contributed by atoms with Crippen molar-refractivity contribution in [2.24, 2.45) is 0 Å². The Bertz CT molecular complexity index is 643. The molecule has 3 aromatic rings. The Hall–Kier alpha value is -2.23. The zero-order chi connectivity index (χ0) is 11.7. The molecule has 0 fully saturated rings. The van der Waals surface area contributed by atoms with Crippen LogP contribution in [0.5, 0.6) is 0 Å². The molecular weight excluding hydrogens is 217 g/mol. The van der Waals surface area contributed by atoms with Gasteiger partial charge in [0.2, 0.25) is 0 Å². The van der Waals surface area contributed by atoms with Crippen molar-refractivity contribution in [1.29, 1.82) is 0 Å². The van der Waals surface area contributed by atoms with Gasteiger partial charge in [0.1, 0.15) is 11.3 Å². The first-order chi connectivity index (χ1) is 8.33. The van der Waals surface area contributed by atoms with Crippen molar-refractivity contribution < 1.29 is 4.39 Å². The second kappa shape index (κ2) is 3.97. The SMILES string of the molecule is Fc1ccc(Cn2[c]nc3cccnc32)cc1. The Morgan fingerprint density at radius 2 is 2.00 bits per heavy atom. The molecule has 0 aliphatic carbocycles. The Kier molecular flexibility index (Phi) is 2.33. The van der Waals surface area contributed by atoms with Gasteiger partial charge in [-0.05, 0) is 29.8 Å². The second-order valence-corrected chi connectivity index (χ2v) is 3.77. The largest absolute Gasteiger partial charge is 0.302 e. The minimum absolute atomic E-state index is 0.230. The van der Waals surface area contributed by atoms with Gasteiger partial charge in [-0.1, -0.05) is 12.1 Å². The average Bonchev–Trinajstić information content (AvgIpc) is 2.76. The topological polar surface area (TPSA) is 30.7 Å². The van der Waals surface area contributed by atoms with Gasteiger partial charge in [-0.3, -0.25) is 0 Å². The molecule has 1 radical (unpaired) electrons. The van der Waals surface area contributed by atoms with Crippen molar-refractivity contribution >= 4 is 11.2 Å². The van der Waals surface area contributed by atoms with Crippen LogP contribution in [0.1, 0.15) is 5.56 Å². The lowest BCUT2D eigenvalue weighted by molar-refractivity contribution is 0.626. The number of benzene rings is 1. The van der Waals surface area contributed by atoms with Crippen LogP contribution in [0.15, 0.2) is 42.6 Å². The molecule has 0 amide bonds. The van der Waals surface area contributed by atoms with Crippen LogP contribution < -0.4 is 0 Å². The molecule has 0 saturated carbocycles. The van der Waals surface area contributed by atoms with Gasteiger partial charge in [0, 0.05) is 6.20 Å². The predicted octanol–water partition coefficient (Wildman–Crippen LogP) is 2.42. The van der Waals surface area contributed by atoms with E-state index in [0.717, 1.165) is 16.7 Å². The molecule has 17 heavy (non-hydrogen) atoms. The third kappa shape index (κ3) is 1.89. The summed E-state index contributed by atoms with van der Waals surface area (Å²) in [6.07, 6.45) is 4.61. The molecule has 0 aliphatic rings. The fourth-order valence-electron chi connectivity index (χ4n) is 1.73. The van der Waals surface area contributed by atoms with E-state index in [0.29, 0.717) is 6.54 Å². The van der Waals surface area contributed by atoms with Gasteiger partial charge >= 0.3 is 0 Å². The third-order valence-electron chi connectivity index (χ3n) is 2.57. The van der Waals surface area contributed by atoms with Crippen LogP contribution in [0.4, 0.5) is 4.39 Å². The summed E-state index contributed by atoms with van der Waals surface area (Å²) in [4.78, 5) is 8.38. The van der Waals surface area contributed by atoms with E-state index in [1.54, 1.807) is 18.3 Å². The Morgan fingerprint density at radius 3 is 2.82 bits per heavy atom. The monoisotopic (exact) mass is 226 g/mol. The highest BCUT2D eigenvalue weighted by Crippen LogP contribution is 2.11. The van der Waals surface area contributed by atoms with Gasteiger partial charge in [0.25, 0.3) is 0 Å². The van der Waals surface area contributed by atoms with E-state index < -0.39 is 0 Å². The molecule has 2 heterocycles. The third-order valence-corrected chi connectivity index (χ3v) is 2.57. The summed E-state index contributed by atoms with van der Waals surface area (Å²) < 4.78 is 14.6. The zero-order valence-corrected chi connectivity index (χ0v) is 8.97. The standard InChI is InChI=1S/C13H9FN3/c14-11-5-3-10(4-6-11)8-17-9-16-12-2-1-7-15-13(12)17/h1-7H,8H2. The number of imidazole rings is 1. The lowest BCUT2D eigenvalue weighted by Gasteiger charge is -2.02. The van der Waals surface area contributed by atoms with E-state index in [9.17, 15) is 4.39 Å². The lowest BCUT2D eigenvalue weighted by Crippen LogP contribution is -1.99. The lowest BCUT2D eigenvalue weighted by atomic mass is 10.2. The van der Waals surface area contributed by atoms with Crippen molar-refractivity contribution in [2.75, 3.05) is 0 Å². The summed E-state index contributed by atoms with van der Waals surface area (Å²) in [5.41, 5.74) is 2.60. The smallest absolute Gasteiger partial charge is 0.179 e. The highest BCUT2D eigenvalue weighted by Gasteiger charge is 2.04. The predicted molar refractivity (Wildman–Crippen MR) is 61.9 cm³/mol. The van der Waals surface area contributed by atoms with Gasteiger partial charge in [0.05, 0.1) is 6.54 Å². The Labute approximate surface area is 97.6 Å². The number of hydrogen-bond donors (Lipinski definition) is 0. The maximum absolute atomic E-state index is 12.8. The van der Waals surface area contributed by atoms with Crippen molar-refractivity contribution in [3.63, 3.8) is 0 Å². The van der Waals surface area contributed by atoms with Gasteiger partial charge in [-0.2, -0.15) is 0 Å². The van der Waals surface area contributed by atoms with Crippen LogP contribution in [0.2, 0.25) is 0 Å². The van der Waals surface area contributed by atoms with E-state index in [1.165, 1.54) is 12.1 Å². The number of hydrogen-bond acceptors (Lipinski definition) is 2. The van der Waals surface area contributed by atoms with Crippen molar-refractivity contribution in [3.05, 3.63) is 60.3 Å². The minimum Gasteiger partial charge on any atom is -0.302 e. The molecule has 4 heteroatoms. The van der Waals surface area contributed by atoms with Crippen LogP contribution in [-0.2, 0) is 6.54 Å². The summed E-state index contributed by atoms with van der Waals surface area (Å²) in [7, 11) is 0. The maximum atomic E-state index is 12.8. The quantitative estimate of drug-likeness (QED) is 0.671. The van der Waals surface area contributed by atoms with Crippen LogP contribution in [0.3, 0.4) is 0 Å². The molecule has 0 atom stereocenters. The summed E-state index contributed by atoms with van der Waals surface area (Å²) in [5, 5.41) is 0. The number of aromatic nitrogens is 3. The van der Waals surface area contributed by atoms with E-state index in [1.807, 2.05) is 16.7 Å². The summed E-state index contributed by atoms with van der Waals surface area (Å²) in [5.74, 6) is -0.230. The molecule has 2 aromatic heterocycles. The summed E-state index contributed by atoms with van der Waals surface area (Å²) in [6, 6.07) is 10.1. The first-order valence-corrected chi connectivity index (χ1v) is 5.26. The van der Waals surface area contributed by atoms with E-state index in [4.69, 9.17) is 0 Å². The highest BCUT2D eigenvalue weighted by molar-refractivity contribution is 5.69. The molecule has 1 aromatic carbocycles. The number of rotatable bonds is 2. The van der Waals surface area contributed by atoms with Crippen LogP contribution in [0, 0.1) is 12.1 Å². The molecule has 0 spiro atoms.